The monoisotopic (exact) mass is 377 g/mol. The third kappa shape index (κ3) is 4.98. The number of hydrogen-bond donors (Lipinski definition) is 2. The first-order chi connectivity index (χ1) is 12.5. The van der Waals surface area contributed by atoms with Crippen LogP contribution in [-0.4, -0.2) is 36.9 Å². The molecule has 0 radical (unpaired) electrons. The highest BCUT2D eigenvalue weighted by Crippen LogP contribution is 2.22. The first-order valence-corrected chi connectivity index (χ1v) is 9.15. The van der Waals surface area contributed by atoms with Crippen LogP contribution in [0.4, 0.5) is 4.39 Å². The molecule has 1 atom stereocenters. The lowest BCUT2D eigenvalue weighted by atomic mass is 9.98. The number of para-hydroxylation sites is 1. The van der Waals surface area contributed by atoms with Crippen LogP contribution in [0.2, 0.25) is 0 Å². The van der Waals surface area contributed by atoms with Crippen LogP contribution >= 0.6 is 11.8 Å². The van der Waals surface area contributed by atoms with E-state index in [4.69, 9.17) is 4.74 Å². The molecule has 0 aliphatic carbocycles. The number of carboxylic acid groups (broad SMARTS) is 1. The third-order valence-electron chi connectivity index (χ3n) is 3.93. The van der Waals surface area contributed by atoms with Crippen LogP contribution in [0.15, 0.2) is 47.4 Å². The molecule has 0 spiro atoms. The van der Waals surface area contributed by atoms with Gasteiger partial charge in [0.2, 0.25) is 0 Å². The van der Waals surface area contributed by atoms with E-state index in [1.165, 1.54) is 37.1 Å². The Bertz CT molecular complexity index is 797. The molecule has 0 bridgehead atoms. The summed E-state index contributed by atoms with van der Waals surface area (Å²) in [5, 5.41) is 12.1. The van der Waals surface area contributed by atoms with Gasteiger partial charge >= 0.3 is 5.97 Å². The highest BCUT2D eigenvalue weighted by Gasteiger charge is 2.21. The van der Waals surface area contributed by atoms with Gasteiger partial charge in [-0.1, -0.05) is 18.2 Å². The van der Waals surface area contributed by atoms with Gasteiger partial charge in [0.15, 0.2) is 0 Å². The van der Waals surface area contributed by atoms with Crippen molar-refractivity contribution in [3.63, 3.8) is 0 Å². The van der Waals surface area contributed by atoms with Crippen LogP contribution in [0, 0.1) is 11.7 Å². The molecule has 0 heterocycles. The molecule has 0 aliphatic rings. The summed E-state index contributed by atoms with van der Waals surface area (Å²) in [6, 6.07) is 11.2. The van der Waals surface area contributed by atoms with Gasteiger partial charge in [0, 0.05) is 17.0 Å². The predicted octanol–water partition coefficient (Wildman–Crippen LogP) is 3.23. The summed E-state index contributed by atoms with van der Waals surface area (Å²) in [6.07, 6.45) is 1.94. The molecular weight excluding hydrogens is 357 g/mol. The maximum absolute atomic E-state index is 13.5. The average molecular weight is 377 g/mol. The minimum absolute atomic E-state index is 0.0435. The van der Waals surface area contributed by atoms with Gasteiger partial charge in [0.1, 0.15) is 11.6 Å². The van der Waals surface area contributed by atoms with Gasteiger partial charge in [-0.25, -0.2) is 4.39 Å². The normalized spacial score (nSPS) is 11.7. The molecule has 0 saturated carbocycles. The van der Waals surface area contributed by atoms with Crippen molar-refractivity contribution in [3.05, 3.63) is 59.4 Å². The van der Waals surface area contributed by atoms with Crippen LogP contribution in [0.5, 0.6) is 5.75 Å². The number of hydrogen-bond acceptors (Lipinski definition) is 4. The van der Waals surface area contributed by atoms with Crippen molar-refractivity contribution in [2.75, 3.05) is 19.9 Å². The molecule has 0 fully saturated rings. The van der Waals surface area contributed by atoms with E-state index in [9.17, 15) is 19.1 Å². The van der Waals surface area contributed by atoms with Crippen molar-refractivity contribution >= 4 is 23.6 Å². The predicted molar refractivity (Wildman–Crippen MR) is 98.3 cm³/mol. The van der Waals surface area contributed by atoms with Crippen molar-refractivity contribution in [2.24, 2.45) is 5.92 Å². The minimum Gasteiger partial charge on any atom is -0.496 e. The van der Waals surface area contributed by atoms with Gasteiger partial charge in [-0.2, -0.15) is 0 Å². The number of benzene rings is 2. The Kier molecular flexibility index (Phi) is 7.03. The second kappa shape index (κ2) is 9.24. The van der Waals surface area contributed by atoms with E-state index in [1.54, 1.807) is 30.5 Å². The number of thioether (sulfide) groups is 1. The van der Waals surface area contributed by atoms with Gasteiger partial charge in [0.05, 0.1) is 13.0 Å². The topological polar surface area (TPSA) is 75.6 Å². The van der Waals surface area contributed by atoms with E-state index < -0.39 is 23.6 Å². The summed E-state index contributed by atoms with van der Waals surface area (Å²) in [7, 11) is 1.52. The number of ether oxygens (including phenoxy) is 1. The Morgan fingerprint density at radius 2 is 2.00 bits per heavy atom. The number of carbonyl (C=O) groups is 2. The fourth-order valence-electron chi connectivity index (χ4n) is 2.50. The number of carboxylic acids is 1. The molecule has 5 nitrogen and oxygen atoms in total. The Labute approximate surface area is 155 Å². The summed E-state index contributed by atoms with van der Waals surface area (Å²) in [4.78, 5) is 24.2. The lowest BCUT2D eigenvalue weighted by Gasteiger charge is -2.15. The van der Waals surface area contributed by atoms with Gasteiger partial charge in [-0.05, 0) is 42.5 Å². The van der Waals surface area contributed by atoms with Crippen LogP contribution in [-0.2, 0) is 11.2 Å². The van der Waals surface area contributed by atoms with Crippen LogP contribution in [0.1, 0.15) is 15.9 Å². The van der Waals surface area contributed by atoms with Crippen molar-refractivity contribution in [3.8, 4) is 5.75 Å². The highest BCUT2D eigenvalue weighted by atomic mass is 32.2. The maximum Gasteiger partial charge on any atom is 0.308 e. The number of halogens is 1. The standard InChI is InChI=1S/C19H20FNO4S/c1-25-16-6-4-3-5-12(16)9-14(19(23)24)11-21-18(22)13-7-8-15(20)17(10-13)26-2/h3-8,10,14H,9,11H2,1-2H3,(H,21,22)(H,23,24). The fourth-order valence-corrected chi connectivity index (χ4v) is 3.01. The SMILES string of the molecule is COc1ccccc1CC(CNC(=O)c1ccc(F)c(SC)c1)C(=O)O. The van der Waals surface area contributed by atoms with Gasteiger partial charge in [-0.3, -0.25) is 9.59 Å². The first-order valence-electron chi connectivity index (χ1n) is 7.92. The third-order valence-corrected chi connectivity index (χ3v) is 4.68. The van der Waals surface area contributed by atoms with Crippen LogP contribution < -0.4 is 10.1 Å². The minimum atomic E-state index is -1.01. The van der Waals surface area contributed by atoms with Crippen molar-refractivity contribution in [1.82, 2.24) is 5.32 Å². The molecule has 0 saturated heterocycles. The van der Waals surface area contributed by atoms with Crippen LogP contribution in [0.3, 0.4) is 0 Å². The molecule has 1 amide bonds. The summed E-state index contributed by atoms with van der Waals surface area (Å²) in [6.45, 7) is -0.0435. The zero-order valence-electron chi connectivity index (χ0n) is 14.5. The maximum atomic E-state index is 13.5. The fraction of sp³-hybridized carbons (Fsp3) is 0.263. The number of aliphatic carboxylic acids is 1. The van der Waals surface area contributed by atoms with Crippen molar-refractivity contribution in [2.45, 2.75) is 11.3 Å². The lowest BCUT2D eigenvalue weighted by Crippen LogP contribution is -2.34. The molecular formula is C19H20FNO4S. The number of amides is 1. The molecule has 7 heteroatoms. The smallest absolute Gasteiger partial charge is 0.308 e. The van der Waals surface area contributed by atoms with Crippen molar-refractivity contribution < 1.29 is 23.8 Å². The molecule has 1 unspecified atom stereocenters. The second-order valence-corrected chi connectivity index (χ2v) is 6.46. The number of methoxy groups -OCH3 is 1. The van der Waals surface area contributed by atoms with E-state index >= 15 is 0 Å². The van der Waals surface area contributed by atoms with E-state index in [0.717, 1.165) is 5.56 Å². The Balaban J connectivity index is 2.06. The molecule has 0 aliphatic heterocycles. The molecule has 2 rings (SSSR count). The quantitative estimate of drug-likeness (QED) is 0.691. The van der Waals surface area contributed by atoms with Crippen molar-refractivity contribution in [1.29, 1.82) is 0 Å². The molecule has 26 heavy (non-hydrogen) atoms. The van der Waals surface area contributed by atoms with E-state index in [-0.39, 0.29) is 18.5 Å². The van der Waals surface area contributed by atoms with Gasteiger partial charge in [-0.15, -0.1) is 11.8 Å². The number of nitrogens with one attached hydrogen (secondary N) is 1. The van der Waals surface area contributed by atoms with E-state index in [2.05, 4.69) is 5.32 Å². The Hall–Kier alpha value is -2.54. The van der Waals surface area contributed by atoms with Crippen LogP contribution in [0.25, 0.3) is 0 Å². The number of carbonyl (C=O) groups excluding carboxylic acids is 1. The van der Waals surface area contributed by atoms with Gasteiger partial charge < -0.3 is 15.2 Å². The molecule has 2 aromatic rings. The van der Waals surface area contributed by atoms with Gasteiger partial charge in [0.25, 0.3) is 5.91 Å². The summed E-state index contributed by atoms with van der Waals surface area (Å²) >= 11 is 1.20. The summed E-state index contributed by atoms with van der Waals surface area (Å²) in [5.41, 5.74) is 1.04. The Morgan fingerprint density at radius 1 is 1.27 bits per heavy atom. The molecule has 0 aromatic heterocycles. The second-order valence-electron chi connectivity index (χ2n) is 5.61. The molecule has 2 aromatic carbocycles. The summed E-state index contributed by atoms with van der Waals surface area (Å²) in [5.74, 6) is -2.05. The number of rotatable bonds is 8. The zero-order valence-corrected chi connectivity index (χ0v) is 15.3. The summed E-state index contributed by atoms with van der Waals surface area (Å²) < 4.78 is 18.8. The molecule has 138 valence electrons. The van der Waals surface area contributed by atoms with E-state index in [1.807, 2.05) is 0 Å². The Morgan fingerprint density at radius 3 is 2.65 bits per heavy atom. The lowest BCUT2D eigenvalue weighted by molar-refractivity contribution is -0.141. The highest BCUT2D eigenvalue weighted by molar-refractivity contribution is 7.98. The largest absolute Gasteiger partial charge is 0.496 e. The average Bonchev–Trinajstić information content (AvgIpc) is 2.65. The zero-order chi connectivity index (χ0) is 19.1. The first kappa shape index (κ1) is 19.8. The molecule has 2 N–H and O–H groups in total. The van der Waals surface area contributed by atoms with E-state index in [0.29, 0.717) is 10.6 Å².